The van der Waals surface area contributed by atoms with E-state index in [1.54, 1.807) is 0 Å². The summed E-state index contributed by atoms with van der Waals surface area (Å²) in [5, 5.41) is 0. The number of halogens is 2. The van der Waals surface area contributed by atoms with Crippen molar-refractivity contribution in [1.29, 1.82) is 0 Å². The first-order valence-electron chi connectivity index (χ1n) is 5.80. The Morgan fingerprint density at radius 1 is 1.18 bits per heavy atom. The quantitative estimate of drug-likeness (QED) is 0.768. The number of aldehydes is 1. The van der Waals surface area contributed by atoms with E-state index in [-0.39, 0.29) is 11.8 Å². The predicted octanol–water partition coefficient (Wildman–Crippen LogP) is 3.06. The van der Waals surface area contributed by atoms with Crippen molar-refractivity contribution in [3.05, 3.63) is 35.4 Å². The molecule has 0 unspecified atom stereocenters. The van der Waals surface area contributed by atoms with Crippen molar-refractivity contribution < 1.29 is 13.6 Å². The maximum Gasteiger partial charge on any atom is 0.169 e. The van der Waals surface area contributed by atoms with Crippen LogP contribution in [0, 0.1) is 11.6 Å². The molecule has 0 saturated heterocycles. The Morgan fingerprint density at radius 2 is 1.82 bits per heavy atom. The monoisotopic (exact) mass is 241 g/mol. The van der Waals surface area contributed by atoms with Crippen molar-refractivity contribution in [3.8, 4) is 0 Å². The van der Waals surface area contributed by atoms with Gasteiger partial charge in [0.1, 0.15) is 0 Å². The summed E-state index contributed by atoms with van der Waals surface area (Å²) in [4.78, 5) is 9.97. The minimum Gasteiger partial charge on any atom is -0.328 e. The third-order valence-electron chi connectivity index (χ3n) is 2.76. The lowest BCUT2D eigenvalue weighted by molar-refractivity contribution is 0.111. The SMILES string of the molecule is NC1CCCCC1.O=Cc1cccc(F)c1F. The van der Waals surface area contributed by atoms with Crippen molar-refractivity contribution in [2.45, 2.75) is 38.1 Å². The predicted molar refractivity (Wildman–Crippen MR) is 62.8 cm³/mol. The number of carbonyl (C=O) groups excluding carboxylic acids is 1. The zero-order valence-electron chi connectivity index (χ0n) is 9.66. The van der Waals surface area contributed by atoms with Crippen LogP contribution >= 0.6 is 0 Å². The Hall–Kier alpha value is -1.29. The molecule has 17 heavy (non-hydrogen) atoms. The smallest absolute Gasteiger partial charge is 0.169 e. The van der Waals surface area contributed by atoms with E-state index in [0.717, 1.165) is 6.07 Å². The van der Waals surface area contributed by atoms with Crippen LogP contribution in [0.2, 0.25) is 0 Å². The molecule has 0 amide bonds. The molecule has 0 spiro atoms. The van der Waals surface area contributed by atoms with Crippen molar-refractivity contribution in [3.63, 3.8) is 0 Å². The molecule has 2 nitrogen and oxygen atoms in total. The summed E-state index contributed by atoms with van der Waals surface area (Å²) in [6.07, 6.45) is 6.94. The molecule has 1 aromatic rings. The highest BCUT2D eigenvalue weighted by atomic mass is 19.2. The summed E-state index contributed by atoms with van der Waals surface area (Å²) < 4.78 is 24.6. The molecule has 0 bridgehead atoms. The first-order valence-corrected chi connectivity index (χ1v) is 5.80. The van der Waals surface area contributed by atoms with E-state index in [4.69, 9.17) is 5.73 Å². The van der Waals surface area contributed by atoms with Gasteiger partial charge in [-0.15, -0.1) is 0 Å². The van der Waals surface area contributed by atoms with Crippen molar-refractivity contribution in [2.75, 3.05) is 0 Å². The highest BCUT2D eigenvalue weighted by molar-refractivity contribution is 5.74. The first kappa shape index (κ1) is 13.8. The number of nitrogens with two attached hydrogens (primary N) is 1. The summed E-state index contributed by atoms with van der Waals surface area (Å²) in [5.74, 6) is -2.08. The zero-order valence-corrected chi connectivity index (χ0v) is 9.66. The van der Waals surface area contributed by atoms with E-state index >= 15 is 0 Å². The average Bonchev–Trinajstić information content (AvgIpc) is 2.34. The number of benzene rings is 1. The number of hydrogen-bond acceptors (Lipinski definition) is 2. The molecule has 4 heteroatoms. The molecule has 0 aromatic heterocycles. The van der Waals surface area contributed by atoms with Crippen LogP contribution in [-0.2, 0) is 0 Å². The fraction of sp³-hybridized carbons (Fsp3) is 0.462. The summed E-state index contributed by atoms with van der Waals surface area (Å²) in [6.45, 7) is 0. The fourth-order valence-corrected chi connectivity index (χ4v) is 1.75. The molecule has 1 aliphatic carbocycles. The molecule has 2 N–H and O–H groups in total. The molecule has 94 valence electrons. The molecule has 0 heterocycles. The minimum atomic E-state index is -1.09. The van der Waals surface area contributed by atoms with Gasteiger partial charge in [-0.3, -0.25) is 4.79 Å². The van der Waals surface area contributed by atoms with Gasteiger partial charge in [0.2, 0.25) is 0 Å². The molecule has 0 radical (unpaired) electrons. The van der Waals surface area contributed by atoms with Crippen LogP contribution in [0.3, 0.4) is 0 Å². The minimum absolute atomic E-state index is 0.250. The Kier molecular flexibility index (Phi) is 5.77. The summed E-state index contributed by atoms with van der Waals surface area (Å²) in [6, 6.07) is 3.99. The molecule has 1 fully saturated rings. The summed E-state index contributed by atoms with van der Waals surface area (Å²) in [7, 11) is 0. The first-order chi connectivity index (χ1) is 8.15. The van der Waals surface area contributed by atoms with Crippen LogP contribution in [0.15, 0.2) is 18.2 Å². The van der Waals surface area contributed by atoms with Crippen molar-refractivity contribution in [2.24, 2.45) is 5.73 Å². The van der Waals surface area contributed by atoms with E-state index in [1.807, 2.05) is 0 Å². The highest BCUT2D eigenvalue weighted by Gasteiger charge is 2.06. The van der Waals surface area contributed by atoms with Gasteiger partial charge in [-0.25, -0.2) is 8.78 Å². The summed E-state index contributed by atoms with van der Waals surface area (Å²) in [5.41, 5.74) is 5.38. The topological polar surface area (TPSA) is 43.1 Å². The molecule has 1 saturated carbocycles. The van der Waals surface area contributed by atoms with Gasteiger partial charge in [-0.05, 0) is 25.0 Å². The molecule has 0 atom stereocenters. The van der Waals surface area contributed by atoms with Gasteiger partial charge in [0, 0.05) is 6.04 Å². The summed E-state index contributed by atoms with van der Waals surface area (Å²) >= 11 is 0. The van der Waals surface area contributed by atoms with Crippen molar-refractivity contribution >= 4 is 6.29 Å². The van der Waals surface area contributed by atoms with Crippen LogP contribution in [0.25, 0.3) is 0 Å². The van der Waals surface area contributed by atoms with E-state index < -0.39 is 11.6 Å². The lowest BCUT2D eigenvalue weighted by atomic mass is 9.97. The third kappa shape index (κ3) is 4.61. The Bertz CT molecular complexity index is 362. The van der Waals surface area contributed by atoms with Crippen molar-refractivity contribution in [1.82, 2.24) is 0 Å². The van der Waals surface area contributed by atoms with Gasteiger partial charge in [-0.2, -0.15) is 0 Å². The number of rotatable bonds is 1. The second-order valence-corrected chi connectivity index (χ2v) is 4.16. The average molecular weight is 241 g/mol. The largest absolute Gasteiger partial charge is 0.328 e. The second-order valence-electron chi connectivity index (χ2n) is 4.16. The normalized spacial score (nSPS) is 15.9. The lowest BCUT2D eigenvalue weighted by Gasteiger charge is -2.15. The van der Waals surface area contributed by atoms with Gasteiger partial charge in [0.05, 0.1) is 5.56 Å². The van der Waals surface area contributed by atoms with Gasteiger partial charge in [-0.1, -0.05) is 25.3 Å². The van der Waals surface area contributed by atoms with Gasteiger partial charge in [0.25, 0.3) is 0 Å². The molecular formula is C13H17F2NO. The Morgan fingerprint density at radius 3 is 2.24 bits per heavy atom. The number of carbonyl (C=O) groups is 1. The fourth-order valence-electron chi connectivity index (χ4n) is 1.75. The second kappa shape index (κ2) is 7.12. The van der Waals surface area contributed by atoms with E-state index in [1.165, 1.54) is 44.2 Å². The Labute approximate surface area is 99.8 Å². The zero-order chi connectivity index (χ0) is 12.7. The van der Waals surface area contributed by atoms with E-state index in [2.05, 4.69) is 0 Å². The van der Waals surface area contributed by atoms with Crippen LogP contribution < -0.4 is 5.73 Å². The van der Waals surface area contributed by atoms with Gasteiger partial charge in [0.15, 0.2) is 17.9 Å². The lowest BCUT2D eigenvalue weighted by Crippen LogP contribution is -2.22. The molecule has 1 aromatic carbocycles. The van der Waals surface area contributed by atoms with Crippen LogP contribution in [0.5, 0.6) is 0 Å². The molecule has 1 aliphatic rings. The van der Waals surface area contributed by atoms with Crippen LogP contribution in [0.4, 0.5) is 8.78 Å². The molecule has 0 aliphatic heterocycles. The maximum atomic E-state index is 12.4. The van der Waals surface area contributed by atoms with Crippen LogP contribution in [0.1, 0.15) is 42.5 Å². The standard InChI is InChI=1S/C7H4F2O.C6H13N/c8-6-3-1-2-5(4-10)7(6)9;7-6-4-2-1-3-5-6/h1-4H;6H,1-5,7H2. The maximum absolute atomic E-state index is 12.4. The highest BCUT2D eigenvalue weighted by Crippen LogP contribution is 2.14. The van der Waals surface area contributed by atoms with Gasteiger partial charge >= 0.3 is 0 Å². The number of hydrogen-bond donors (Lipinski definition) is 1. The van der Waals surface area contributed by atoms with Crippen LogP contribution in [-0.4, -0.2) is 12.3 Å². The van der Waals surface area contributed by atoms with E-state index in [0.29, 0.717) is 6.04 Å². The van der Waals surface area contributed by atoms with E-state index in [9.17, 15) is 13.6 Å². The third-order valence-corrected chi connectivity index (χ3v) is 2.76. The molecule has 2 rings (SSSR count). The Balaban J connectivity index is 0.000000181. The molecular weight excluding hydrogens is 224 g/mol. The van der Waals surface area contributed by atoms with Gasteiger partial charge < -0.3 is 5.73 Å².